The third-order valence-corrected chi connectivity index (χ3v) is 6.08. The van der Waals surface area contributed by atoms with E-state index in [1.807, 2.05) is 6.07 Å². The SMILES string of the molecule is O=C(C1CC2CCC1C2)N1CCCC1CC(O)c1ccco1. The van der Waals surface area contributed by atoms with E-state index in [0.717, 1.165) is 31.7 Å². The van der Waals surface area contributed by atoms with Gasteiger partial charge >= 0.3 is 0 Å². The smallest absolute Gasteiger partial charge is 0.226 e. The van der Waals surface area contributed by atoms with Crippen molar-refractivity contribution in [1.82, 2.24) is 4.90 Å². The fraction of sp³-hybridized carbons (Fsp3) is 0.722. The van der Waals surface area contributed by atoms with E-state index in [4.69, 9.17) is 4.42 Å². The van der Waals surface area contributed by atoms with Gasteiger partial charge in [0.1, 0.15) is 11.9 Å². The first-order chi connectivity index (χ1) is 10.7. The van der Waals surface area contributed by atoms with E-state index >= 15 is 0 Å². The molecule has 0 aromatic carbocycles. The lowest BCUT2D eigenvalue weighted by Gasteiger charge is -2.31. The van der Waals surface area contributed by atoms with E-state index in [9.17, 15) is 9.90 Å². The van der Waals surface area contributed by atoms with Crippen molar-refractivity contribution >= 4 is 5.91 Å². The number of rotatable bonds is 4. The molecule has 1 aromatic heterocycles. The first-order valence-corrected chi connectivity index (χ1v) is 8.74. The lowest BCUT2D eigenvalue weighted by Crippen LogP contribution is -2.41. The van der Waals surface area contributed by atoms with Crippen molar-refractivity contribution in [2.75, 3.05) is 6.54 Å². The van der Waals surface area contributed by atoms with Crippen LogP contribution in [0.4, 0.5) is 0 Å². The van der Waals surface area contributed by atoms with E-state index in [0.29, 0.717) is 24.0 Å². The van der Waals surface area contributed by atoms with E-state index in [1.165, 1.54) is 19.3 Å². The van der Waals surface area contributed by atoms with Crippen molar-refractivity contribution in [3.05, 3.63) is 24.2 Å². The summed E-state index contributed by atoms with van der Waals surface area (Å²) in [5.74, 6) is 2.67. The Morgan fingerprint density at radius 2 is 2.27 bits per heavy atom. The fourth-order valence-corrected chi connectivity index (χ4v) is 4.99. The van der Waals surface area contributed by atoms with Gasteiger partial charge in [0, 0.05) is 24.9 Å². The normalized spacial score (nSPS) is 35.2. The van der Waals surface area contributed by atoms with Crippen molar-refractivity contribution in [1.29, 1.82) is 0 Å². The van der Waals surface area contributed by atoms with Gasteiger partial charge < -0.3 is 14.4 Å². The summed E-state index contributed by atoms with van der Waals surface area (Å²) in [4.78, 5) is 15.0. The molecule has 1 N–H and O–H groups in total. The van der Waals surface area contributed by atoms with Crippen LogP contribution < -0.4 is 0 Å². The summed E-state index contributed by atoms with van der Waals surface area (Å²) in [5.41, 5.74) is 0. The lowest BCUT2D eigenvalue weighted by atomic mass is 9.87. The molecular formula is C18H25NO3. The maximum absolute atomic E-state index is 12.9. The van der Waals surface area contributed by atoms with Gasteiger partial charge in [-0.3, -0.25) is 4.79 Å². The van der Waals surface area contributed by atoms with Crippen LogP contribution in [0.2, 0.25) is 0 Å². The molecular weight excluding hydrogens is 278 g/mol. The molecule has 0 spiro atoms. The van der Waals surface area contributed by atoms with Gasteiger partial charge in [0.15, 0.2) is 0 Å². The van der Waals surface area contributed by atoms with E-state index in [-0.39, 0.29) is 12.0 Å². The number of furan rings is 1. The third kappa shape index (κ3) is 2.47. The van der Waals surface area contributed by atoms with E-state index in [2.05, 4.69) is 4.90 Å². The number of likely N-dealkylation sites (tertiary alicyclic amines) is 1. The molecule has 5 unspecified atom stereocenters. The topological polar surface area (TPSA) is 53.7 Å². The van der Waals surface area contributed by atoms with Gasteiger partial charge in [-0.05, 0) is 56.1 Å². The quantitative estimate of drug-likeness (QED) is 0.929. The molecule has 3 fully saturated rings. The minimum atomic E-state index is -0.603. The molecule has 4 nitrogen and oxygen atoms in total. The van der Waals surface area contributed by atoms with Crippen LogP contribution in [0.3, 0.4) is 0 Å². The molecule has 2 saturated carbocycles. The van der Waals surface area contributed by atoms with Gasteiger partial charge in [0.25, 0.3) is 0 Å². The first kappa shape index (κ1) is 14.3. The number of hydrogen-bond acceptors (Lipinski definition) is 3. The van der Waals surface area contributed by atoms with Crippen LogP contribution in [-0.2, 0) is 4.79 Å². The van der Waals surface area contributed by atoms with Gasteiger partial charge in [0.05, 0.1) is 6.26 Å². The maximum Gasteiger partial charge on any atom is 0.226 e. The Bertz CT molecular complexity index is 526. The summed E-state index contributed by atoms with van der Waals surface area (Å²) < 4.78 is 5.29. The second-order valence-electron chi connectivity index (χ2n) is 7.38. The van der Waals surface area contributed by atoms with E-state index in [1.54, 1.807) is 12.3 Å². The zero-order valence-electron chi connectivity index (χ0n) is 13.0. The number of carbonyl (C=O) groups is 1. The van der Waals surface area contributed by atoms with Crippen LogP contribution in [0.15, 0.2) is 22.8 Å². The number of aliphatic hydroxyl groups is 1. The van der Waals surface area contributed by atoms with Crippen LogP contribution >= 0.6 is 0 Å². The molecule has 2 aliphatic carbocycles. The molecule has 120 valence electrons. The van der Waals surface area contributed by atoms with Crippen LogP contribution in [0.5, 0.6) is 0 Å². The highest BCUT2D eigenvalue weighted by Crippen LogP contribution is 2.49. The average Bonchev–Trinajstić information content (AvgIpc) is 3.28. The predicted octanol–water partition coefficient (Wildman–Crippen LogP) is 3.13. The largest absolute Gasteiger partial charge is 0.467 e. The van der Waals surface area contributed by atoms with Crippen molar-refractivity contribution < 1.29 is 14.3 Å². The third-order valence-electron chi connectivity index (χ3n) is 6.08. The molecule has 3 aliphatic rings. The summed E-state index contributed by atoms with van der Waals surface area (Å²) in [6, 6.07) is 3.78. The molecule has 0 radical (unpaired) electrons. The molecule has 4 rings (SSSR count). The number of nitrogens with zero attached hydrogens (tertiary/aromatic N) is 1. The highest BCUT2D eigenvalue weighted by atomic mass is 16.4. The maximum atomic E-state index is 12.9. The van der Waals surface area contributed by atoms with Crippen molar-refractivity contribution in [2.24, 2.45) is 17.8 Å². The Morgan fingerprint density at radius 1 is 1.36 bits per heavy atom. The summed E-state index contributed by atoms with van der Waals surface area (Å²) in [6.45, 7) is 0.863. The van der Waals surface area contributed by atoms with E-state index < -0.39 is 6.10 Å². The van der Waals surface area contributed by atoms with Gasteiger partial charge in [-0.1, -0.05) is 6.42 Å². The highest BCUT2D eigenvalue weighted by Gasteiger charge is 2.46. The fourth-order valence-electron chi connectivity index (χ4n) is 4.99. The predicted molar refractivity (Wildman–Crippen MR) is 82.0 cm³/mol. The Kier molecular flexibility index (Phi) is 3.73. The number of hydrogen-bond donors (Lipinski definition) is 1. The monoisotopic (exact) mass is 303 g/mol. The Balaban J connectivity index is 1.41. The highest BCUT2D eigenvalue weighted by molar-refractivity contribution is 5.80. The molecule has 1 amide bonds. The lowest BCUT2D eigenvalue weighted by molar-refractivity contribution is -0.138. The molecule has 5 atom stereocenters. The summed E-state index contributed by atoms with van der Waals surface area (Å²) in [7, 11) is 0. The molecule has 2 heterocycles. The second kappa shape index (κ2) is 5.73. The summed E-state index contributed by atoms with van der Waals surface area (Å²) >= 11 is 0. The zero-order valence-corrected chi connectivity index (χ0v) is 13.0. The summed E-state index contributed by atoms with van der Waals surface area (Å²) in [6.07, 6.45) is 8.59. The van der Waals surface area contributed by atoms with Gasteiger partial charge in [-0.25, -0.2) is 0 Å². The molecule has 4 heteroatoms. The molecule has 1 aromatic rings. The van der Waals surface area contributed by atoms with Gasteiger partial charge in [-0.2, -0.15) is 0 Å². The number of carbonyl (C=O) groups excluding carboxylic acids is 1. The Labute approximate surface area is 131 Å². The van der Waals surface area contributed by atoms with Crippen molar-refractivity contribution in [3.8, 4) is 0 Å². The number of amides is 1. The van der Waals surface area contributed by atoms with Crippen LogP contribution in [0, 0.1) is 17.8 Å². The van der Waals surface area contributed by atoms with Crippen molar-refractivity contribution in [2.45, 2.75) is 57.1 Å². The molecule has 1 saturated heterocycles. The molecule has 2 bridgehead atoms. The minimum Gasteiger partial charge on any atom is -0.467 e. The second-order valence-corrected chi connectivity index (χ2v) is 7.38. The molecule has 22 heavy (non-hydrogen) atoms. The first-order valence-electron chi connectivity index (χ1n) is 8.74. The van der Waals surface area contributed by atoms with Gasteiger partial charge in [-0.15, -0.1) is 0 Å². The Morgan fingerprint density at radius 3 is 2.95 bits per heavy atom. The molecule has 1 aliphatic heterocycles. The Hall–Kier alpha value is -1.29. The summed E-state index contributed by atoms with van der Waals surface area (Å²) in [5, 5.41) is 10.3. The standard InChI is InChI=1S/C18H25NO3/c20-16(17-4-2-8-22-17)11-14-3-1-7-19(14)18(21)15-10-12-5-6-13(15)9-12/h2,4,8,12-16,20H,1,3,5-7,9-11H2. The average molecular weight is 303 g/mol. The van der Waals surface area contributed by atoms with Gasteiger partial charge in [0.2, 0.25) is 5.91 Å². The van der Waals surface area contributed by atoms with Crippen LogP contribution in [0.1, 0.15) is 56.8 Å². The van der Waals surface area contributed by atoms with Crippen LogP contribution in [-0.4, -0.2) is 28.5 Å². The minimum absolute atomic E-state index is 0.173. The van der Waals surface area contributed by atoms with Crippen molar-refractivity contribution in [3.63, 3.8) is 0 Å². The number of aliphatic hydroxyl groups excluding tert-OH is 1. The van der Waals surface area contributed by atoms with Crippen LogP contribution in [0.25, 0.3) is 0 Å². The number of fused-ring (bicyclic) bond motifs is 2. The zero-order chi connectivity index (χ0) is 15.1.